The van der Waals surface area contributed by atoms with Gasteiger partial charge in [-0.15, -0.1) is 11.3 Å². The van der Waals surface area contributed by atoms with E-state index in [0.717, 1.165) is 59.6 Å². The molecule has 2 aliphatic rings. The van der Waals surface area contributed by atoms with Crippen LogP contribution >= 0.6 is 11.3 Å². The topological polar surface area (TPSA) is 58.6 Å². The van der Waals surface area contributed by atoms with Gasteiger partial charge in [0, 0.05) is 32.2 Å². The van der Waals surface area contributed by atoms with Crippen molar-refractivity contribution in [3.63, 3.8) is 0 Å². The second-order valence-corrected chi connectivity index (χ2v) is 8.28. The number of fused-ring (bicyclic) bond motifs is 1. The summed E-state index contributed by atoms with van der Waals surface area (Å²) in [5.41, 5.74) is 0.935. The quantitative estimate of drug-likeness (QED) is 0.769. The lowest BCUT2D eigenvalue weighted by molar-refractivity contribution is 0.0605. The van der Waals surface area contributed by atoms with Gasteiger partial charge in [-0.1, -0.05) is 12.8 Å². The van der Waals surface area contributed by atoms with Crippen LogP contribution in [0.1, 0.15) is 46.7 Å². The second kappa shape index (κ2) is 7.12. The number of carbonyl (C=O) groups excluding carboxylic acids is 1. The predicted octanol–water partition coefficient (Wildman–Crippen LogP) is 3.16. The maximum absolute atomic E-state index is 12.1. The van der Waals surface area contributed by atoms with Crippen LogP contribution in [0.3, 0.4) is 0 Å². The van der Waals surface area contributed by atoms with Crippen LogP contribution < -0.4 is 4.90 Å². The Morgan fingerprint density at radius 2 is 1.81 bits per heavy atom. The third kappa shape index (κ3) is 3.07. The fourth-order valence-corrected chi connectivity index (χ4v) is 5.45. The molecule has 0 atom stereocenters. The van der Waals surface area contributed by atoms with Crippen molar-refractivity contribution in [1.29, 1.82) is 0 Å². The van der Waals surface area contributed by atoms with E-state index in [4.69, 9.17) is 9.72 Å². The van der Waals surface area contributed by atoms with Crippen LogP contribution in [0.4, 0.5) is 5.82 Å². The van der Waals surface area contributed by atoms with Gasteiger partial charge in [-0.2, -0.15) is 0 Å². The summed E-state index contributed by atoms with van der Waals surface area (Å²) >= 11 is 1.41. The molecule has 2 aromatic rings. The van der Waals surface area contributed by atoms with E-state index < -0.39 is 0 Å². The minimum absolute atomic E-state index is 0.292. The predicted molar refractivity (Wildman–Crippen MR) is 104 cm³/mol. The van der Waals surface area contributed by atoms with Crippen LogP contribution in [0.5, 0.6) is 0 Å². The third-order valence-corrected chi connectivity index (χ3v) is 6.87. The first-order valence-corrected chi connectivity index (χ1v) is 10.2. The molecule has 0 spiro atoms. The number of aryl methyl sites for hydroxylation is 2. The minimum atomic E-state index is -0.292. The Morgan fingerprint density at radius 1 is 1.12 bits per heavy atom. The molecule has 0 unspecified atom stereocenters. The molecule has 1 aliphatic heterocycles. The lowest BCUT2D eigenvalue weighted by Gasteiger charge is -2.38. The largest absolute Gasteiger partial charge is 0.465 e. The van der Waals surface area contributed by atoms with E-state index in [1.807, 2.05) is 13.8 Å². The maximum Gasteiger partial charge on any atom is 0.348 e. The summed E-state index contributed by atoms with van der Waals surface area (Å²) in [6, 6.07) is 0.776. The van der Waals surface area contributed by atoms with Crippen LogP contribution in [0.25, 0.3) is 10.2 Å². The number of piperazine rings is 1. The number of anilines is 1. The van der Waals surface area contributed by atoms with E-state index in [-0.39, 0.29) is 5.97 Å². The standard InChI is InChI=1S/C19H26N4O2S/c1-12-15-17(20-13(2)21-18(15)26-16(12)19(24)25-3)23-10-8-22(9-11-23)14-6-4-5-7-14/h14H,4-11H2,1-3H3. The highest BCUT2D eigenvalue weighted by atomic mass is 32.1. The van der Waals surface area contributed by atoms with Gasteiger partial charge in [-0.25, -0.2) is 14.8 Å². The Labute approximate surface area is 158 Å². The highest BCUT2D eigenvalue weighted by Crippen LogP contribution is 2.36. The highest BCUT2D eigenvalue weighted by Gasteiger charge is 2.29. The molecule has 0 bridgehead atoms. The molecule has 26 heavy (non-hydrogen) atoms. The molecule has 1 aliphatic carbocycles. The average molecular weight is 375 g/mol. The molecule has 0 radical (unpaired) electrons. The van der Waals surface area contributed by atoms with Crippen molar-refractivity contribution < 1.29 is 9.53 Å². The molecular weight excluding hydrogens is 348 g/mol. The van der Waals surface area contributed by atoms with Crippen molar-refractivity contribution in [3.8, 4) is 0 Å². The number of thiophene rings is 1. The molecule has 0 amide bonds. The van der Waals surface area contributed by atoms with Crippen LogP contribution in [-0.2, 0) is 4.74 Å². The van der Waals surface area contributed by atoms with Crippen LogP contribution in [0.2, 0.25) is 0 Å². The number of nitrogens with zero attached hydrogens (tertiary/aromatic N) is 4. The zero-order valence-electron chi connectivity index (χ0n) is 15.7. The minimum Gasteiger partial charge on any atom is -0.465 e. The van der Waals surface area contributed by atoms with E-state index in [1.165, 1.54) is 44.1 Å². The Balaban J connectivity index is 1.64. The van der Waals surface area contributed by atoms with Crippen molar-refractivity contribution in [2.75, 3.05) is 38.2 Å². The fourth-order valence-electron chi connectivity index (χ4n) is 4.31. The fraction of sp³-hybridized carbons (Fsp3) is 0.632. The summed E-state index contributed by atoms with van der Waals surface area (Å²) in [5.74, 6) is 1.44. The first-order chi connectivity index (χ1) is 12.6. The van der Waals surface area contributed by atoms with E-state index >= 15 is 0 Å². The molecular formula is C19H26N4O2S. The number of esters is 1. The smallest absolute Gasteiger partial charge is 0.348 e. The Morgan fingerprint density at radius 3 is 2.46 bits per heavy atom. The van der Waals surface area contributed by atoms with Gasteiger partial charge >= 0.3 is 5.97 Å². The van der Waals surface area contributed by atoms with E-state index in [9.17, 15) is 4.79 Å². The number of ether oxygens (including phenoxy) is 1. The number of hydrogen-bond acceptors (Lipinski definition) is 7. The van der Waals surface area contributed by atoms with Gasteiger partial charge in [-0.05, 0) is 32.3 Å². The number of carbonyl (C=O) groups is 1. The van der Waals surface area contributed by atoms with Gasteiger partial charge in [0.1, 0.15) is 21.3 Å². The van der Waals surface area contributed by atoms with Gasteiger partial charge in [0.2, 0.25) is 0 Å². The highest BCUT2D eigenvalue weighted by molar-refractivity contribution is 7.20. The number of hydrogen-bond donors (Lipinski definition) is 0. The Hall–Kier alpha value is -1.73. The summed E-state index contributed by atoms with van der Waals surface area (Å²) in [4.78, 5) is 27.9. The monoisotopic (exact) mass is 374 g/mol. The van der Waals surface area contributed by atoms with Crippen molar-refractivity contribution in [3.05, 3.63) is 16.3 Å². The Kier molecular flexibility index (Phi) is 4.84. The van der Waals surface area contributed by atoms with Crippen LogP contribution in [0.15, 0.2) is 0 Å². The summed E-state index contributed by atoms with van der Waals surface area (Å²) in [6.45, 7) is 8.02. The Bertz CT molecular complexity index is 821. The number of methoxy groups -OCH3 is 1. The van der Waals surface area contributed by atoms with E-state index in [0.29, 0.717) is 4.88 Å². The molecule has 1 saturated heterocycles. The van der Waals surface area contributed by atoms with Gasteiger partial charge < -0.3 is 9.64 Å². The van der Waals surface area contributed by atoms with Crippen molar-refractivity contribution in [2.45, 2.75) is 45.6 Å². The zero-order chi connectivity index (χ0) is 18.3. The molecule has 140 valence electrons. The molecule has 0 N–H and O–H groups in total. The van der Waals surface area contributed by atoms with Crippen molar-refractivity contribution in [2.24, 2.45) is 0 Å². The lowest BCUT2D eigenvalue weighted by Crippen LogP contribution is -2.50. The molecule has 3 heterocycles. The van der Waals surface area contributed by atoms with Gasteiger partial charge in [0.15, 0.2) is 0 Å². The average Bonchev–Trinajstić information content (AvgIpc) is 3.29. The molecule has 0 aromatic carbocycles. The molecule has 1 saturated carbocycles. The summed E-state index contributed by atoms with van der Waals surface area (Å²) in [7, 11) is 1.42. The van der Waals surface area contributed by atoms with E-state index in [1.54, 1.807) is 0 Å². The molecule has 7 heteroatoms. The first-order valence-electron chi connectivity index (χ1n) is 9.43. The first kappa shape index (κ1) is 17.7. The summed E-state index contributed by atoms with van der Waals surface area (Å²) < 4.78 is 4.94. The van der Waals surface area contributed by atoms with E-state index in [2.05, 4.69) is 14.8 Å². The molecule has 4 rings (SSSR count). The summed E-state index contributed by atoms with van der Waals surface area (Å²) in [6.07, 6.45) is 5.45. The molecule has 2 aromatic heterocycles. The van der Waals surface area contributed by atoms with Gasteiger partial charge in [0.25, 0.3) is 0 Å². The SMILES string of the molecule is COC(=O)c1sc2nc(C)nc(N3CCN(C4CCCC4)CC3)c2c1C. The maximum atomic E-state index is 12.1. The number of aromatic nitrogens is 2. The second-order valence-electron chi connectivity index (χ2n) is 7.28. The van der Waals surface area contributed by atoms with Gasteiger partial charge in [0.05, 0.1) is 12.5 Å². The zero-order valence-corrected chi connectivity index (χ0v) is 16.6. The van der Waals surface area contributed by atoms with Crippen molar-refractivity contribution >= 4 is 33.3 Å². The van der Waals surface area contributed by atoms with Crippen molar-refractivity contribution in [1.82, 2.24) is 14.9 Å². The molecule has 2 fully saturated rings. The van der Waals surface area contributed by atoms with Crippen LogP contribution in [0, 0.1) is 13.8 Å². The van der Waals surface area contributed by atoms with Gasteiger partial charge in [-0.3, -0.25) is 4.90 Å². The third-order valence-electron chi connectivity index (χ3n) is 5.71. The normalized spacial score (nSPS) is 19.4. The van der Waals surface area contributed by atoms with Crippen LogP contribution in [-0.4, -0.2) is 60.2 Å². The molecule has 6 nitrogen and oxygen atoms in total. The lowest BCUT2D eigenvalue weighted by atomic mass is 10.1. The summed E-state index contributed by atoms with van der Waals surface area (Å²) in [5, 5.41) is 1.01. The number of rotatable bonds is 3.